The fraction of sp³-hybridized carbons (Fsp3) is 0.636. The van der Waals surface area contributed by atoms with Crippen LogP contribution in [0.5, 0.6) is 0 Å². The van der Waals surface area contributed by atoms with Gasteiger partial charge in [-0.1, -0.05) is 0 Å². The topological polar surface area (TPSA) is 49.4 Å². The zero-order valence-corrected chi connectivity index (χ0v) is 12.0. The lowest BCUT2D eigenvalue weighted by atomic mass is 10.3. The molecule has 0 aromatic carbocycles. The SMILES string of the molecule is Cc1cc(S(=O)(=O)N(C)C2CCNC2)c(C)s1. The lowest BCUT2D eigenvalue weighted by Crippen LogP contribution is -2.38. The first-order valence-electron chi connectivity index (χ1n) is 5.68. The number of rotatable bonds is 3. The molecular weight excluding hydrogens is 256 g/mol. The number of thiophene rings is 1. The molecule has 0 aliphatic carbocycles. The van der Waals surface area contributed by atoms with Gasteiger partial charge in [0.15, 0.2) is 0 Å². The second-order valence-corrected chi connectivity index (χ2v) is 7.87. The Morgan fingerprint density at radius 3 is 2.65 bits per heavy atom. The van der Waals surface area contributed by atoms with E-state index in [4.69, 9.17) is 0 Å². The summed E-state index contributed by atoms with van der Waals surface area (Å²) in [5.41, 5.74) is 0. The molecule has 0 saturated carbocycles. The number of aryl methyl sites for hydroxylation is 2. The van der Waals surface area contributed by atoms with Gasteiger partial charge < -0.3 is 5.32 Å². The van der Waals surface area contributed by atoms with E-state index in [-0.39, 0.29) is 6.04 Å². The van der Waals surface area contributed by atoms with Crippen molar-refractivity contribution in [3.05, 3.63) is 15.8 Å². The van der Waals surface area contributed by atoms with E-state index in [2.05, 4.69) is 5.32 Å². The average Bonchev–Trinajstić information content (AvgIpc) is 2.86. The summed E-state index contributed by atoms with van der Waals surface area (Å²) in [5, 5.41) is 3.19. The van der Waals surface area contributed by atoms with Gasteiger partial charge in [-0.2, -0.15) is 4.31 Å². The third-order valence-electron chi connectivity index (χ3n) is 3.20. The van der Waals surface area contributed by atoms with E-state index in [0.717, 1.165) is 29.3 Å². The van der Waals surface area contributed by atoms with Crippen molar-refractivity contribution in [2.24, 2.45) is 0 Å². The Kier molecular flexibility index (Phi) is 3.58. The van der Waals surface area contributed by atoms with Crippen LogP contribution in [0.25, 0.3) is 0 Å². The number of hydrogen-bond acceptors (Lipinski definition) is 4. The molecule has 1 aromatic rings. The summed E-state index contributed by atoms with van der Waals surface area (Å²) in [4.78, 5) is 2.38. The van der Waals surface area contributed by atoms with Crippen molar-refractivity contribution in [2.75, 3.05) is 20.1 Å². The Hall–Kier alpha value is -0.430. The molecule has 1 N–H and O–H groups in total. The molecule has 1 unspecified atom stereocenters. The van der Waals surface area contributed by atoms with Crippen molar-refractivity contribution in [3.8, 4) is 0 Å². The van der Waals surface area contributed by atoms with Crippen LogP contribution in [-0.2, 0) is 10.0 Å². The summed E-state index contributed by atoms with van der Waals surface area (Å²) in [5.74, 6) is 0. The van der Waals surface area contributed by atoms with E-state index in [1.165, 1.54) is 15.6 Å². The predicted molar refractivity (Wildman–Crippen MR) is 70.0 cm³/mol. The average molecular weight is 274 g/mol. The van der Waals surface area contributed by atoms with Crippen molar-refractivity contribution in [1.29, 1.82) is 0 Å². The van der Waals surface area contributed by atoms with Crippen LogP contribution in [0.4, 0.5) is 0 Å². The highest BCUT2D eigenvalue weighted by atomic mass is 32.2. The quantitative estimate of drug-likeness (QED) is 0.905. The van der Waals surface area contributed by atoms with Gasteiger partial charge in [0.05, 0.1) is 4.90 Å². The molecule has 1 aromatic heterocycles. The molecule has 0 spiro atoms. The highest BCUT2D eigenvalue weighted by Gasteiger charge is 2.31. The Morgan fingerprint density at radius 1 is 1.47 bits per heavy atom. The van der Waals surface area contributed by atoms with Crippen LogP contribution < -0.4 is 5.32 Å². The minimum Gasteiger partial charge on any atom is -0.315 e. The lowest BCUT2D eigenvalue weighted by molar-refractivity contribution is 0.387. The molecule has 1 fully saturated rings. The highest BCUT2D eigenvalue weighted by Crippen LogP contribution is 2.28. The van der Waals surface area contributed by atoms with E-state index in [1.807, 2.05) is 13.8 Å². The largest absolute Gasteiger partial charge is 0.315 e. The third kappa shape index (κ3) is 2.40. The standard InChI is InChI=1S/C11H18N2O2S2/c1-8-6-11(9(2)16-8)17(14,15)13(3)10-4-5-12-7-10/h6,10,12H,4-5,7H2,1-3H3. The summed E-state index contributed by atoms with van der Waals surface area (Å²) in [7, 11) is -1.65. The first kappa shape index (κ1) is 13.0. The molecular formula is C11H18N2O2S2. The summed E-state index contributed by atoms with van der Waals surface area (Å²) < 4.78 is 26.4. The van der Waals surface area contributed by atoms with Gasteiger partial charge in [-0.25, -0.2) is 8.42 Å². The molecule has 1 aliphatic heterocycles. The van der Waals surface area contributed by atoms with Crippen molar-refractivity contribution < 1.29 is 8.42 Å². The van der Waals surface area contributed by atoms with Crippen LogP contribution in [-0.4, -0.2) is 38.9 Å². The highest BCUT2D eigenvalue weighted by molar-refractivity contribution is 7.89. The second kappa shape index (κ2) is 4.68. The molecule has 2 rings (SSSR count). The van der Waals surface area contributed by atoms with Crippen LogP contribution >= 0.6 is 11.3 Å². The molecule has 0 amide bonds. The summed E-state index contributed by atoms with van der Waals surface area (Å²) >= 11 is 1.53. The number of likely N-dealkylation sites (N-methyl/N-ethyl adjacent to an activating group) is 1. The Balaban J connectivity index is 2.32. The van der Waals surface area contributed by atoms with Crippen LogP contribution in [0.2, 0.25) is 0 Å². The molecule has 17 heavy (non-hydrogen) atoms. The zero-order valence-electron chi connectivity index (χ0n) is 10.4. The van der Waals surface area contributed by atoms with E-state index in [0.29, 0.717) is 4.90 Å². The molecule has 1 saturated heterocycles. The van der Waals surface area contributed by atoms with E-state index in [9.17, 15) is 8.42 Å². The zero-order chi connectivity index (χ0) is 12.6. The molecule has 0 radical (unpaired) electrons. The molecule has 1 aliphatic rings. The minimum absolute atomic E-state index is 0.0830. The lowest BCUT2D eigenvalue weighted by Gasteiger charge is -2.22. The Bertz CT molecular complexity index is 502. The van der Waals surface area contributed by atoms with Gasteiger partial charge in [-0.3, -0.25) is 0 Å². The first-order chi connectivity index (χ1) is 7.93. The monoisotopic (exact) mass is 274 g/mol. The first-order valence-corrected chi connectivity index (χ1v) is 7.94. The molecule has 0 bridgehead atoms. The Morgan fingerprint density at radius 2 is 2.18 bits per heavy atom. The summed E-state index contributed by atoms with van der Waals surface area (Å²) in [6.07, 6.45) is 0.887. The van der Waals surface area contributed by atoms with Gasteiger partial charge in [0.25, 0.3) is 0 Å². The summed E-state index contributed by atoms with van der Waals surface area (Å²) in [6, 6.07) is 1.86. The molecule has 1 atom stereocenters. The van der Waals surface area contributed by atoms with Gasteiger partial charge in [0.2, 0.25) is 10.0 Å². The van der Waals surface area contributed by atoms with Gasteiger partial charge in [-0.05, 0) is 32.9 Å². The van der Waals surface area contributed by atoms with Crippen molar-refractivity contribution >= 4 is 21.4 Å². The predicted octanol–water partition coefficient (Wildman–Crippen LogP) is 1.35. The van der Waals surface area contributed by atoms with E-state index in [1.54, 1.807) is 13.1 Å². The Labute approximate surface area is 107 Å². The van der Waals surface area contributed by atoms with Gasteiger partial charge in [0.1, 0.15) is 0 Å². The maximum absolute atomic E-state index is 12.5. The van der Waals surface area contributed by atoms with Crippen LogP contribution in [0.15, 0.2) is 11.0 Å². The molecule has 96 valence electrons. The number of hydrogen-bond donors (Lipinski definition) is 1. The molecule has 6 heteroatoms. The number of nitrogens with zero attached hydrogens (tertiary/aromatic N) is 1. The van der Waals surface area contributed by atoms with Crippen molar-refractivity contribution in [3.63, 3.8) is 0 Å². The van der Waals surface area contributed by atoms with E-state index < -0.39 is 10.0 Å². The van der Waals surface area contributed by atoms with Gasteiger partial charge >= 0.3 is 0 Å². The van der Waals surface area contributed by atoms with Crippen LogP contribution in [0.1, 0.15) is 16.2 Å². The van der Waals surface area contributed by atoms with Crippen molar-refractivity contribution in [2.45, 2.75) is 31.2 Å². The second-order valence-electron chi connectivity index (χ2n) is 4.45. The normalized spacial score (nSPS) is 21.3. The maximum Gasteiger partial charge on any atom is 0.244 e. The third-order valence-corrected chi connectivity index (χ3v) is 6.33. The maximum atomic E-state index is 12.5. The fourth-order valence-electron chi connectivity index (χ4n) is 2.16. The summed E-state index contributed by atoms with van der Waals surface area (Å²) in [6.45, 7) is 5.45. The molecule has 4 nitrogen and oxygen atoms in total. The van der Waals surface area contributed by atoms with Crippen molar-refractivity contribution in [1.82, 2.24) is 9.62 Å². The van der Waals surface area contributed by atoms with E-state index >= 15 is 0 Å². The van der Waals surface area contributed by atoms with Crippen LogP contribution in [0, 0.1) is 13.8 Å². The fourth-order valence-corrected chi connectivity index (χ4v) is 5.07. The molecule has 2 heterocycles. The van der Waals surface area contributed by atoms with Crippen LogP contribution in [0.3, 0.4) is 0 Å². The van der Waals surface area contributed by atoms with Gasteiger partial charge in [0, 0.05) is 29.4 Å². The number of nitrogens with one attached hydrogen (secondary N) is 1. The minimum atomic E-state index is -3.33. The van der Waals surface area contributed by atoms with Gasteiger partial charge in [-0.15, -0.1) is 11.3 Å². The smallest absolute Gasteiger partial charge is 0.244 e. The number of sulfonamides is 1.